The fourth-order valence-corrected chi connectivity index (χ4v) is 3.71. The molecule has 2 N–H and O–H groups in total. The smallest absolute Gasteiger partial charge is 0.224 e. The summed E-state index contributed by atoms with van der Waals surface area (Å²) in [7, 11) is 0. The van der Waals surface area contributed by atoms with Crippen molar-refractivity contribution in [2.45, 2.75) is 45.6 Å². The van der Waals surface area contributed by atoms with E-state index in [0.29, 0.717) is 30.9 Å². The monoisotopic (exact) mass is 347 g/mol. The maximum atomic E-state index is 14.5. The third kappa shape index (κ3) is 4.37. The molecular weight excluding hydrogens is 321 g/mol. The molecule has 0 aromatic heterocycles. The average molecular weight is 347 g/mol. The third-order valence-electron chi connectivity index (χ3n) is 5.32. The Hall–Kier alpha value is -1.95. The highest BCUT2D eigenvalue weighted by Gasteiger charge is 2.22. The summed E-state index contributed by atoms with van der Waals surface area (Å²) < 4.78 is 14.5. The van der Waals surface area contributed by atoms with Gasteiger partial charge in [-0.1, -0.05) is 6.07 Å². The van der Waals surface area contributed by atoms with Crippen molar-refractivity contribution < 1.29 is 14.0 Å². The van der Waals surface area contributed by atoms with Gasteiger partial charge in [-0.3, -0.25) is 9.59 Å². The molecule has 0 atom stereocenters. The summed E-state index contributed by atoms with van der Waals surface area (Å²) >= 11 is 0. The first-order valence-corrected chi connectivity index (χ1v) is 9.11. The first kappa shape index (κ1) is 17.9. The number of nitrogens with zero attached hydrogens (tertiary/aromatic N) is 1. The number of rotatable bonds is 4. The van der Waals surface area contributed by atoms with Crippen molar-refractivity contribution in [1.82, 2.24) is 10.2 Å². The van der Waals surface area contributed by atoms with Gasteiger partial charge in [0.05, 0.1) is 5.69 Å². The van der Waals surface area contributed by atoms with Gasteiger partial charge in [0.15, 0.2) is 0 Å². The Labute approximate surface area is 148 Å². The Kier molecular flexibility index (Phi) is 5.68. The van der Waals surface area contributed by atoms with Crippen molar-refractivity contribution in [2.24, 2.45) is 5.92 Å². The maximum absolute atomic E-state index is 14.5. The topological polar surface area (TPSA) is 61.4 Å². The summed E-state index contributed by atoms with van der Waals surface area (Å²) in [4.78, 5) is 25.4. The Bertz CT molecular complexity index is 654. The quantitative estimate of drug-likeness (QED) is 0.879. The van der Waals surface area contributed by atoms with Gasteiger partial charge in [-0.05, 0) is 55.3 Å². The molecule has 1 saturated heterocycles. The van der Waals surface area contributed by atoms with Crippen LogP contribution in [0.5, 0.6) is 0 Å². The molecule has 2 aliphatic heterocycles. The van der Waals surface area contributed by atoms with E-state index in [4.69, 9.17) is 0 Å². The first-order valence-electron chi connectivity index (χ1n) is 9.11. The number of hydrogen-bond donors (Lipinski definition) is 2. The number of carbonyl (C=O) groups is 2. The molecule has 2 amide bonds. The number of carbonyl (C=O) groups excluding carboxylic acids is 2. The molecule has 1 aromatic carbocycles. The minimum absolute atomic E-state index is 0.120. The number of fused-ring (bicyclic) bond motifs is 1. The van der Waals surface area contributed by atoms with E-state index in [1.807, 2.05) is 11.0 Å². The van der Waals surface area contributed by atoms with Crippen LogP contribution >= 0.6 is 0 Å². The van der Waals surface area contributed by atoms with E-state index in [1.165, 1.54) is 0 Å². The van der Waals surface area contributed by atoms with Crippen LogP contribution in [0, 0.1) is 11.7 Å². The van der Waals surface area contributed by atoms with E-state index in [1.54, 1.807) is 13.0 Å². The van der Waals surface area contributed by atoms with Gasteiger partial charge in [-0.15, -0.1) is 0 Å². The largest absolute Gasteiger partial charge is 0.343 e. The molecule has 6 heteroatoms. The zero-order chi connectivity index (χ0) is 17.8. The second-order valence-corrected chi connectivity index (χ2v) is 7.03. The van der Waals surface area contributed by atoms with Gasteiger partial charge in [0.2, 0.25) is 11.8 Å². The zero-order valence-electron chi connectivity index (χ0n) is 14.7. The molecule has 0 saturated carbocycles. The van der Waals surface area contributed by atoms with Gasteiger partial charge in [-0.25, -0.2) is 4.39 Å². The van der Waals surface area contributed by atoms with E-state index in [9.17, 15) is 14.0 Å². The van der Waals surface area contributed by atoms with Crippen LogP contribution in [0.15, 0.2) is 12.1 Å². The minimum atomic E-state index is -0.290. The SMILES string of the molecule is CC(=O)N1CCC(CCC(=O)Nc2ccc3c(c2F)CCNC3)CC1. The molecule has 0 bridgehead atoms. The summed E-state index contributed by atoms with van der Waals surface area (Å²) in [5, 5.41) is 5.94. The molecule has 0 aliphatic carbocycles. The number of amides is 2. The van der Waals surface area contributed by atoms with Crippen LogP contribution in [-0.4, -0.2) is 36.3 Å². The lowest BCUT2D eigenvalue weighted by molar-refractivity contribution is -0.130. The van der Waals surface area contributed by atoms with E-state index in [-0.39, 0.29) is 23.3 Å². The van der Waals surface area contributed by atoms with Crippen LogP contribution in [0.4, 0.5) is 10.1 Å². The summed E-state index contributed by atoms with van der Waals surface area (Å²) in [5.74, 6) is 0.152. The molecule has 0 unspecified atom stereocenters. The molecular formula is C19H26FN3O2. The Morgan fingerprint density at radius 2 is 2.08 bits per heavy atom. The van der Waals surface area contributed by atoms with Crippen LogP contribution in [-0.2, 0) is 22.6 Å². The lowest BCUT2D eigenvalue weighted by atomic mass is 9.92. The maximum Gasteiger partial charge on any atom is 0.224 e. The van der Waals surface area contributed by atoms with Gasteiger partial charge in [0, 0.05) is 33.0 Å². The Morgan fingerprint density at radius 1 is 1.32 bits per heavy atom. The minimum Gasteiger partial charge on any atom is -0.343 e. The average Bonchev–Trinajstić information content (AvgIpc) is 2.63. The number of piperidine rings is 1. The lowest BCUT2D eigenvalue weighted by Crippen LogP contribution is -2.37. The van der Waals surface area contributed by atoms with Gasteiger partial charge in [0.25, 0.3) is 0 Å². The van der Waals surface area contributed by atoms with Gasteiger partial charge < -0.3 is 15.5 Å². The van der Waals surface area contributed by atoms with Gasteiger partial charge >= 0.3 is 0 Å². The highest BCUT2D eigenvalue weighted by atomic mass is 19.1. The second kappa shape index (κ2) is 7.95. The molecule has 1 aromatic rings. The first-order chi connectivity index (χ1) is 12.0. The Morgan fingerprint density at radius 3 is 2.80 bits per heavy atom. The van der Waals surface area contributed by atoms with Crippen molar-refractivity contribution in [1.29, 1.82) is 0 Å². The predicted molar refractivity (Wildman–Crippen MR) is 94.7 cm³/mol. The van der Waals surface area contributed by atoms with Crippen LogP contribution in [0.1, 0.15) is 43.7 Å². The van der Waals surface area contributed by atoms with E-state index < -0.39 is 0 Å². The zero-order valence-corrected chi connectivity index (χ0v) is 14.7. The third-order valence-corrected chi connectivity index (χ3v) is 5.32. The molecule has 0 spiro atoms. The number of anilines is 1. The Balaban J connectivity index is 1.49. The van der Waals surface area contributed by atoms with Crippen LogP contribution in [0.3, 0.4) is 0 Å². The predicted octanol–water partition coefficient (Wildman–Crippen LogP) is 2.45. The lowest BCUT2D eigenvalue weighted by Gasteiger charge is -2.31. The standard InChI is InChI=1S/C19H26FN3O2/c1-13(24)23-10-7-14(8-11-23)2-5-18(25)22-17-4-3-15-12-21-9-6-16(15)19(17)20/h3-4,14,21H,2,5-12H2,1H3,(H,22,25). The normalized spacial score (nSPS) is 17.9. The van der Waals surface area contributed by atoms with Crippen LogP contribution in [0.2, 0.25) is 0 Å². The number of nitrogens with one attached hydrogen (secondary N) is 2. The highest BCUT2D eigenvalue weighted by molar-refractivity contribution is 5.91. The molecule has 136 valence electrons. The van der Waals surface area contributed by atoms with Crippen molar-refractivity contribution in [2.75, 3.05) is 25.0 Å². The molecule has 2 aliphatic rings. The molecule has 3 rings (SSSR count). The van der Waals surface area contributed by atoms with Crippen molar-refractivity contribution in [3.05, 3.63) is 29.1 Å². The number of hydrogen-bond acceptors (Lipinski definition) is 3. The molecule has 25 heavy (non-hydrogen) atoms. The van der Waals surface area contributed by atoms with E-state index in [2.05, 4.69) is 10.6 Å². The van der Waals surface area contributed by atoms with Crippen LogP contribution in [0.25, 0.3) is 0 Å². The van der Waals surface area contributed by atoms with E-state index in [0.717, 1.165) is 44.5 Å². The second-order valence-electron chi connectivity index (χ2n) is 7.03. The molecule has 2 heterocycles. The van der Waals surface area contributed by atoms with E-state index >= 15 is 0 Å². The van der Waals surface area contributed by atoms with Crippen molar-refractivity contribution >= 4 is 17.5 Å². The number of likely N-dealkylation sites (tertiary alicyclic amines) is 1. The van der Waals surface area contributed by atoms with Crippen LogP contribution < -0.4 is 10.6 Å². The fourth-order valence-electron chi connectivity index (χ4n) is 3.71. The highest BCUT2D eigenvalue weighted by Crippen LogP contribution is 2.26. The summed E-state index contributed by atoms with van der Waals surface area (Å²) in [5.41, 5.74) is 1.98. The number of halogens is 1. The number of benzene rings is 1. The van der Waals surface area contributed by atoms with Crippen molar-refractivity contribution in [3.63, 3.8) is 0 Å². The summed E-state index contributed by atoms with van der Waals surface area (Å²) in [6, 6.07) is 3.54. The van der Waals surface area contributed by atoms with Gasteiger partial charge in [0.1, 0.15) is 5.82 Å². The van der Waals surface area contributed by atoms with Gasteiger partial charge in [-0.2, -0.15) is 0 Å². The molecule has 0 radical (unpaired) electrons. The molecule has 5 nitrogen and oxygen atoms in total. The summed E-state index contributed by atoms with van der Waals surface area (Å²) in [6.07, 6.45) is 3.70. The fraction of sp³-hybridized carbons (Fsp3) is 0.579. The summed E-state index contributed by atoms with van der Waals surface area (Å²) in [6.45, 7) is 4.58. The molecule has 1 fully saturated rings. The van der Waals surface area contributed by atoms with Crippen molar-refractivity contribution in [3.8, 4) is 0 Å².